The largest absolute Gasteiger partial charge is 0.384 e. The second-order valence-corrected chi connectivity index (χ2v) is 6.59. The Balaban J connectivity index is 1.99. The molecule has 2 aromatic carbocycles. The van der Waals surface area contributed by atoms with Crippen molar-refractivity contribution in [3.05, 3.63) is 53.8 Å². The molecule has 0 radical (unpaired) electrons. The number of benzene rings is 2. The predicted molar refractivity (Wildman–Crippen MR) is 80.5 cm³/mol. The van der Waals surface area contributed by atoms with E-state index in [1.54, 1.807) is 12.1 Å². The lowest BCUT2D eigenvalue weighted by Crippen LogP contribution is -2.19. The van der Waals surface area contributed by atoms with Gasteiger partial charge in [0, 0.05) is 6.54 Å². The minimum absolute atomic E-state index is 0.198. The predicted octanol–water partition coefficient (Wildman–Crippen LogP) is 2.98. The van der Waals surface area contributed by atoms with Gasteiger partial charge in [0.05, 0.1) is 11.4 Å². The third kappa shape index (κ3) is 2.85. The average molecular weight is 306 g/mol. The van der Waals surface area contributed by atoms with E-state index < -0.39 is 15.8 Å². The van der Waals surface area contributed by atoms with Crippen molar-refractivity contribution in [1.29, 1.82) is 0 Å². The van der Waals surface area contributed by atoms with Gasteiger partial charge in [-0.15, -0.1) is 0 Å². The minimum atomic E-state index is -3.75. The van der Waals surface area contributed by atoms with E-state index in [2.05, 4.69) is 10.0 Å². The van der Waals surface area contributed by atoms with Crippen LogP contribution in [0.3, 0.4) is 0 Å². The number of nitrogens with one attached hydrogen (secondary N) is 2. The Morgan fingerprint density at radius 3 is 2.76 bits per heavy atom. The van der Waals surface area contributed by atoms with Gasteiger partial charge in [-0.3, -0.25) is 4.72 Å². The molecule has 110 valence electrons. The van der Waals surface area contributed by atoms with Gasteiger partial charge in [-0.1, -0.05) is 18.2 Å². The number of fused-ring (bicyclic) bond motifs is 1. The highest BCUT2D eigenvalue weighted by Crippen LogP contribution is 2.30. The Labute approximate surface area is 123 Å². The second kappa shape index (κ2) is 5.37. The van der Waals surface area contributed by atoms with Crippen LogP contribution in [-0.2, 0) is 16.4 Å². The summed E-state index contributed by atoms with van der Waals surface area (Å²) in [4.78, 5) is 0.198. The molecule has 0 saturated carbocycles. The quantitative estimate of drug-likeness (QED) is 0.916. The number of para-hydroxylation sites is 1. The molecule has 0 atom stereocenters. The molecule has 2 N–H and O–H groups in total. The molecule has 0 bridgehead atoms. The van der Waals surface area contributed by atoms with Gasteiger partial charge in [0.15, 0.2) is 0 Å². The summed E-state index contributed by atoms with van der Waals surface area (Å²) in [6, 6.07) is 10.6. The van der Waals surface area contributed by atoms with Crippen LogP contribution in [0.4, 0.5) is 15.8 Å². The van der Waals surface area contributed by atoms with Crippen LogP contribution in [0.2, 0.25) is 0 Å². The first-order valence-corrected chi connectivity index (χ1v) is 8.19. The zero-order chi connectivity index (χ0) is 14.9. The number of rotatable bonds is 3. The van der Waals surface area contributed by atoms with E-state index in [0.29, 0.717) is 5.69 Å². The fourth-order valence-electron chi connectivity index (χ4n) is 2.46. The highest BCUT2D eigenvalue weighted by molar-refractivity contribution is 7.92. The zero-order valence-corrected chi connectivity index (χ0v) is 12.1. The van der Waals surface area contributed by atoms with E-state index in [1.165, 1.54) is 18.2 Å². The molecule has 0 spiro atoms. The van der Waals surface area contributed by atoms with Crippen LogP contribution in [0.5, 0.6) is 0 Å². The summed E-state index contributed by atoms with van der Waals surface area (Å²) in [5, 5.41) is 3.14. The number of sulfonamides is 1. The lowest BCUT2D eigenvalue weighted by molar-refractivity contribution is 0.601. The van der Waals surface area contributed by atoms with Gasteiger partial charge in [0.1, 0.15) is 10.7 Å². The third-order valence-electron chi connectivity index (χ3n) is 3.40. The fraction of sp³-hybridized carbons (Fsp3) is 0.200. The Bertz CT molecular complexity index is 775. The molecule has 1 aliphatic rings. The molecule has 1 aliphatic heterocycles. The molecule has 0 saturated heterocycles. The molecule has 6 heteroatoms. The summed E-state index contributed by atoms with van der Waals surface area (Å²) in [6.45, 7) is 0.750. The molecule has 2 aromatic rings. The molecule has 4 nitrogen and oxygen atoms in total. The summed E-state index contributed by atoms with van der Waals surface area (Å²) in [5.41, 5.74) is 1.85. The monoisotopic (exact) mass is 306 g/mol. The molecule has 0 aliphatic carbocycles. The van der Waals surface area contributed by atoms with Gasteiger partial charge in [-0.25, -0.2) is 12.8 Å². The van der Waals surface area contributed by atoms with Gasteiger partial charge in [0.25, 0.3) is 10.0 Å². The standard InChI is InChI=1S/C15H15FN2O2S/c16-12-6-2-7-13(10-12)18-21(19,20)14-8-1-4-11-5-3-9-17-15(11)14/h1-2,4,6-8,10,17-18H,3,5,9H2. The summed E-state index contributed by atoms with van der Waals surface area (Å²) in [7, 11) is -3.75. The van der Waals surface area contributed by atoms with Crippen LogP contribution in [0.15, 0.2) is 47.4 Å². The second-order valence-electron chi connectivity index (χ2n) is 4.94. The van der Waals surface area contributed by atoms with Gasteiger partial charge >= 0.3 is 0 Å². The van der Waals surface area contributed by atoms with Crippen molar-refractivity contribution < 1.29 is 12.8 Å². The topological polar surface area (TPSA) is 58.2 Å². The summed E-state index contributed by atoms with van der Waals surface area (Å²) < 4.78 is 40.6. The lowest BCUT2D eigenvalue weighted by Gasteiger charge is -2.21. The number of hydrogen-bond donors (Lipinski definition) is 2. The van der Waals surface area contributed by atoms with Crippen molar-refractivity contribution in [2.45, 2.75) is 17.7 Å². The molecule has 21 heavy (non-hydrogen) atoms. The van der Waals surface area contributed by atoms with Gasteiger partial charge in [0.2, 0.25) is 0 Å². The van der Waals surface area contributed by atoms with E-state index in [-0.39, 0.29) is 10.6 Å². The molecule has 0 unspecified atom stereocenters. The van der Waals surface area contributed by atoms with Crippen LogP contribution in [0, 0.1) is 5.82 Å². The van der Waals surface area contributed by atoms with Gasteiger partial charge in [-0.05, 0) is 42.7 Å². The maximum atomic E-state index is 13.2. The molecule has 0 aromatic heterocycles. The van der Waals surface area contributed by atoms with Gasteiger partial charge < -0.3 is 5.32 Å². The van der Waals surface area contributed by atoms with Crippen LogP contribution in [0.25, 0.3) is 0 Å². The Kier molecular flexibility index (Phi) is 3.55. The van der Waals surface area contributed by atoms with Crippen molar-refractivity contribution >= 4 is 21.4 Å². The van der Waals surface area contributed by atoms with E-state index in [4.69, 9.17) is 0 Å². The fourth-order valence-corrected chi connectivity index (χ4v) is 3.74. The normalized spacial score (nSPS) is 14.1. The van der Waals surface area contributed by atoms with Crippen LogP contribution in [0.1, 0.15) is 12.0 Å². The molecule has 1 heterocycles. The third-order valence-corrected chi connectivity index (χ3v) is 4.83. The maximum Gasteiger partial charge on any atom is 0.263 e. The van der Waals surface area contributed by atoms with Crippen LogP contribution < -0.4 is 10.0 Å². The SMILES string of the molecule is O=S(=O)(Nc1cccc(F)c1)c1cccc2c1NCCC2. The molecular weight excluding hydrogens is 291 g/mol. The first-order valence-electron chi connectivity index (χ1n) is 6.70. The minimum Gasteiger partial charge on any atom is -0.384 e. The van der Waals surface area contributed by atoms with E-state index in [9.17, 15) is 12.8 Å². The Hall–Kier alpha value is -2.08. The molecule has 0 amide bonds. The summed E-state index contributed by atoms with van der Waals surface area (Å²) in [6.07, 6.45) is 1.83. The Morgan fingerprint density at radius 1 is 1.14 bits per heavy atom. The first kappa shape index (κ1) is 13.9. The Morgan fingerprint density at radius 2 is 1.95 bits per heavy atom. The van der Waals surface area contributed by atoms with Crippen molar-refractivity contribution in [1.82, 2.24) is 0 Å². The van der Waals surface area contributed by atoms with Crippen molar-refractivity contribution in [3.8, 4) is 0 Å². The first-order chi connectivity index (χ1) is 10.1. The summed E-state index contributed by atoms with van der Waals surface area (Å²) in [5.74, 6) is -0.483. The van der Waals surface area contributed by atoms with E-state index in [1.807, 2.05) is 6.07 Å². The van der Waals surface area contributed by atoms with Crippen LogP contribution >= 0.6 is 0 Å². The van der Waals surface area contributed by atoms with Gasteiger partial charge in [-0.2, -0.15) is 0 Å². The highest BCUT2D eigenvalue weighted by Gasteiger charge is 2.22. The smallest absolute Gasteiger partial charge is 0.263 e. The molecular formula is C15H15FN2O2S. The van der Waals surface area contributed by atoms with Crippen molar-refractivity contribution in [3.63, 3.8) is 0 Å². The molecule has 0 fully saturated rings. The number of halogens is 1. The number of hydrogen-bond acceptors (Lipinski definition) is 3. The van der Waals surface area contributed by atoms with E-state index in [0.717, 1.165) is 31.0 Å². The zero-order valence-electron chi connectivity index (χ0n) is 11.3. The average Bonchev–Trinajstić information content (AvgIpc) is 2.46. The number of anilines is 2. The van der Waals surface area contributed by atoms with Crippen molar-refractivity contribution in [2.24, 2.45) is 0 Å². The van der Waals surface area contributed by atoms with Crippen molar-refractivity contribution in [2.75, 3.05) is 16.6 Å². The number of aryl methyl sites for hydroxylation is 1. The highest BCUT2D eigenvalue weighted by atomic mass is 32.2. The lowest BCUT2D eigenvalue weighted by atomic mass is 10.0. The van der Waals surface area contributed by atoms with E-state index >= 15 is 0 Å². The summed E-state index contributed by atoms with van der Waals surface area (Å²) >= 11 is 0. The van der Waals surface area contributed by atoms with Crippen LogP contribution in [-0.4, -0.2) is 15.0 Å². The maximum absolute atomic E-state index is 13.2. The molecule has 3 rings (SSSR count).